The fraction of sp³-hybridized carbons (Fsp3) is 0.684. The summed E-state index contributed by atoms with van der Waals surface area (Å²) in [6.07, 6.45) is 6.73. The van der Waals surface area contributed by atoms with E-state index in [1.54, 1.807) is 7.11 Å². The summed E-state index contributed by atoms with van der Waals surface area (Å²) >= 11 is 0. The van der Waals surface area contributed by atoms with Crippen molar-refractivity contribution in [1.29, 1.82) is 0 Å². The van der Waals surface area contributed by atoms with Gasteiger partial charge in [-0.1, -0.05) is 43.9 Å². The zero-order valence-corrected chi connectivity index (χ0v) is 14.1. The third-order valence-corrected chi connectivity index (χ3v) is 5.05. The number of rotatable bonds is 6. The van der Waals surface area contributed by atoms with Crippen LogP contribution in [-0.2, 0) is 0 Å². The normalized spacial score (nSPS) is 25.8. The standard InChI is InChI=1S/C19H31NO/c1-5-6-15-8-9-16(13-20-3)17(12-15)18-11-14(2)7-10-19(18)21-4/h7,10-11,15-17,20H,5-6,8-9,12-13H2,1-4H3. The van der Waals surface area contributed by atoms with Gasteiger partial charge in [-0.2, -0.15) is 0 Å². The van der Waals surface area contributed by atoms with Crippen LogP contribution in [0.15, 0.2) is 18.2 Å². The van der Waals surface area contributed by atoms with Gasteiger partial charge < -0.3 is 10.1 Å². The molecule has 0 amide bonds. The molecule has 1 aliphatic rings. The van der Waals surface area contributed by atoms with Gasteiger partial charge in [0.05, 0.1) is 7.11 Å². The lowest BCUT2D eigenvalue weighted by Crippen LogP contribution is -2.30. The highest BCUT2D eigenvalue weighted by atomic mass is 16.5. The van der Waals surface area contributed by atoms with E-state index in [9.17, 15) is 0 Å². The molecule has 0 bridgehead atoms. The maximum Gasteiger partial charge on any atom is 0.122 e. The molecule has 0 spiro atoms. The number of hydrogen-bond acceptors (Lipinski definition) is 2. The lowest BCUT2D eigenvalue weighted by atomic mass is 9.69. The average molecular weight is 289 g/mol. The molecular weight excluding hydrogens is 258 g/mol. The van der Waals surface area contributed by atoms with E-state index in [-0.39, 0.29) is 0 Å². The SMILES string of the molecule is CCCC1CCC(CNC)C(c2cc(C)ccc2OC)C1. The summed E-state index contributed by atoms with van der Waals surface area (Å²) in [4.78, 5) is 0. The van der Waals surface area contributed by atoms with Gasteiger partial charge in [-0.3, -0.25) is 0 Å². The highest BCUT2D eigenvalue weighted by Gasteiger charge is 2.32. The number of methoxy groups -OCH3 is 1. The third kappa shape index (κ3) is 4.00. The molecule has 1 fully saturated rings. The summed E-state index contributed by atoms with van der Waals surface area (Å²) in [6, 6.07) is 6.65. The lowest BCUT2D eigenvalue weighted by molar-refractivity contribution is 0.219. The number of hydrogen-bond donors (Lipinski definition) is 1. The van der Waals surface area contributed by atoms with E-state index in [0.29, 0.717) is 5.92 Å². The van der Waals surface area contributed by atoms with Crippen LogP contribution in [0, 0.1) is 18.8 Å². The predicted octanol–water partition coefficient (Wildman–Crippen LogP) is 4.52. The van der Waals surface area contributed by atoms with Gasteiger partial charge in [-0.05, 0) is 62.7 Å². The Kier molecular flexibility index (Phi) is 6.10. The van der Waals surface area contributed by atoms with Crippen LogP contribution in [0.4, 0.5) is 0 Å². The van der Waals surface area contributed by atoms with Gasteiger partial charge in [-0.15, -0.1) is 0 Å². The van der Waals surface area contributed by atoms with E-state index in [4.69, 9.17) is 4.74 Å². The van der Waals surface area contributed by atoms with Crippen molar-refractivity contribution in [3.8, 4) is 5.75 Å². The zero-order chi connectivity index (χ0) is 15.2. The van der Waals surface area contributed by atoms with Crippen molar-refractivity contribution in [1.82, 2.24) is 5.32 Å². The molecule has 1 aromatic carbocycles. The summed E-state index contributed by atoms with van der Waals surface area (Å²) < 4.78 is 5.65. The van der Waals surface area contributed by atoms with Gasteiger partial charge in [0.15, 0.2) is 0 Å². The molecule has 1 saturated carbocycles. The quantitative estimate of drug-likeness (QED) is 0.831. The molecule has 2 heteroatoms. The summed E-state index contributed by atoms with van der Waals surface area (Å²) in [5, 5.41) is 3.40. The van der Waals surface area contributed by atoms with Gasteiger partial charge in [0.25, 0.3) is 0 Å². The molecule has 2 nitrogen and oxygen atoms in total. The number of benzene rings is 1. The topological polar surface area (TPSA) is 21.3 Å². The summed E-state index contributed by atoms with van der Waals surface area (Å²) in [7, 11) is 3.87. The molecule has 0 aliphatic heterocycles. The van der Waals surface area contributed by atoms with E-state index < -0.39 is 0 Å². The van der Waals surface area contributed by atoms with E-state index >= 15 is 0 Å². The van der Waals surface area contributed by atoms with Gasteiger partial charge >= 0.3 is 0 Å². The Bertz CT molecular complexity index is 443. The minimum atomic E-state index is 0.637. The number of nitrogens with one attached hydrogen (secondary N) is 1. The van der Waals surface area contributed by atoms with Crippen molar-refractivity contribution >= 4 is 0 Å². The molecule has 2 rings (SSSR count). The first kappa shape index (κ1) is 16.4. The number of aryl methyl sites for hydroxylation is 1. The van der Waals surface area contributed by atoms with Gasteiger partial charge in [-0.25, -0.2) is 0 Å². The molecule has 1 aliphatic carbocycles. The maximum absolute atomic E-state index is 5.65. The Morgan fingerprint density at radius 1 is 1.29 bits per heavy atom. The van der Waals surface area contributed by atoms with Crippen LogP contribution in [0.2, 0.25) is 0 Å². The van der Waals surface area contributed by atoms with Crippen molar-refractivity contribution in [3.05, 3.63) is 29.3 Å². The molecule has 1 N–H and O–H groups in total. The van der Waals surface area contributed by atoms with E-state index in [2.05, 4.69) is 44.4 Å². The highest BCUT2D eigenvalue weighted by Crippen LogP contribution is 2.44. The van der Waals surface area contributed by atoms with E-state index in [0.717, 1.165) is 24.1 Å². The Morgan fingerprint density at radius 3 is 2.76 bits per heavy atom. The van der Waals surface area contributed by atoms with Crippen molar-refractivity contribution in [2.45, 2.75) is 51.9 Å². The van der Waals surface area contributed by atoms with Crippen molar-refractivity contribution in [3.63, 3.8) is 0 Å². The second kappa shape index (κ2) is 7.84. The molecule has 0 radical (unpaired) electrons. The first-order valence-corrected chi connectivity index (χ1v) is 8.48. The van der Waals surface area contributed by atoms with Crippen LogP contribution >= 0.6 is 0 Å². The number of ether oxygens (including phenoxy) is 1. The van der Waals surface area contributed by atoms with Gasteiger partial charge in [0.2, 0.25) is 0 Å². The molecule has 118 valence electrons. The van der Waals surface area contributed by atoms with Crippen molar-refractivity contribution < 1.29 is 4.74 Å². The summed E-state index contributed by atoms with van der Waals surface area (Å²) in [6.45, 7) is 5.60. The predicted molar refractivity (Wildman–Crippen MR) is 90.1 cm³/mol. The smallest absolute Gasteiger partial charge is 0.122 e. The van der Waals surface area contributed by atoms with Crippen molar-refractivity contribution in [2.24, 2.45) is 11.8 Å². The molecule has 0 heterocycles. The van der Waals surface area contributed by atoms with Gasteiger partial charge in [0, 0.05) is 0 Å². The highest BCUT2D eigenvalue weighted by molar-refractivity contribution is 5.40. The Hall–Kier alpha value is -1.02. The fourth-order valence-electron chi connectivity index (χ4n) is 4.02. The van der Waals surface area contributed by atoms with Crippen LogP contribution in [0.3, 0.4) is 0 Å². The summed E-state index contributed by atoms with van der Waals surface area (Å²) in [5.74, 6) is 3.33. The molecule has 1 aromatic rings. The van der Waals surface area contributed by atoms with Crippen LogP contribution in [0.1, 0.15) is 56.1 Å². The minimum absolute atomic E-state index is 0.637. The minimum Gasteiger partial charge on any atom is -0.496 e. The first-order valence-electron chi connectivity index (χ1n) is 8.48. The molecule has 0 saturated heterocycles. The fourth-order valence-corrected chi connectivity index (χ4v) is 4.02. The van der Waals surface area contributed by atoms with Crippen molar-refractivity contribution in [2.75, 3.05) is 20.7 Å². The van der Waals surface area contributed by atoms with Crippen LogP contribution in [0.25, 0.3) is 0 Å². The third-order valence-electron chi connectivity index (χ3n) is 5.05. The maximum atomic E-state index is 5.65. The molecule has 0 aromatic heterocycles. The molecule has 3 unspecified atom stereocenters. The average Bonchev–Trinajstić information content (AvgIpc) is 2.49. The largest absolute Gasteiger partial charge is 0.496 e. The lowest BCUT2D eigenvalue weighted by Gasteiger charge is -2.37. The van der Waals surface area contributed by atoms with Crippen LogP contribution in [-0.4, -0.2) is 20.7 Å². The first-order chi connectivity index (χ1) is 10.2. The van der Waals surface area contributed by atoms with E-state index in [1.165, 1.54) is 43.2 Å². The summed E-state index contributed by atoms with van der Waals surface area (Å²) in [5.41, 5.74) is 2.77. The second-order valence-corrected chi connectivity index (χ2v) is 6.64. The second-order valence-electron chi connectivity index (χ2n) is 6.64. The Morgan fingerprint density at radius 2 is 2.10 bits per heavy atom. The van der Waals surface area contributed by atoms with E-state index in [1.807, 2.05) is 0 Å². The molecule has 21 heavy (non-hydrogen) atoms. The van der Waals surface area contributed by atoms with Crippen LogP contribution in [0.5, 0.6) is 5.75 Å². The zero-order valence-electron chi connectivity index (χ0n) is 14.1. The monoisotopic (exact) mass is 289 g/mol. The van der Waals surface area contributed by atoms with Crippen LogP contribution < -0.4 is 10.1 Å². The molecular formula is C19H31NO. The molecule has 3 atom stereocenters. The van der Waals surface area contributed by atoms with Gasteiger partial charge in [0.1, 0.15) is 5.75 Å². The Labute approximate surface area is 130 Å². The Balaban J connectivity index is 2.28.